The van der Waals surface area contributed by atoms with Crippen molar-refractivity contribution in [3.63, 3.8) is 0 Å². The zero-order valence-corrected chi connectivity index (χ0v) is 10.1. The lowest BCUT2D eigenvalue weighted by Gasteiger charge is -2.17. The Labute approximate surface area is 108 Å². The summed E-state index contributed by atoms with van der Waals surface area (Å²) in [6.07, 6.45) is -3.27. The van der Waals surface area contributed by atoms with Crippen LogP contribution in [0.2, 0.25) is 0 Å². The van der Waals surface area contributed by atoms with Crippen LogP contribution in [-0.2, 0) is 9.53 Å². The molecule has 0 radical (unpaired) electrons. The van der Waals surface area contributed by atoms with Crippen molar-refractivity contribution in [2.24, 2.45) is 0 Å². The van der Waals surface area contributed by atoms with Crippen molar-refractivity contribution in [2.45, 2.75) is 18.6 Å². The van der Waals surface area contributed by atoms with Gasteiger partial charge in [-0.25, -0.2) is 4.79 Å². The number of rotatable bonds is 5. The van der Waals surface area contributed by atoms with Gasteiger partial charge in [0.2, 0.25) is 0 Å². The van der Waals surface area contributed by atoms with Crippen molar-refractivity contribution >= 4 is 11.9 Å². The molecule has 2 unspecified atom stereocenters. The second kappa shape index (κ2) is 6.17. The number of aromatic hydroxyl groups is 1. The maximum atomic E-state index is 10.9. The lowest BCUT2D eigenvalue weighted by molar-refractivity contribution is -0.144. The zero-order chi connectivity index (χ0) is 14.6. The summed E-state index contributed by atoms with van der Waals surface area (Å²) in [7, 11) is 1.15. The van der Waals surface area contributed by atoms with E-state index in [0.717, 1.165) is 19.2 Å². The number of esters is 1. The van der Waals surface area contributed by atoms with Gasteiger partial charge < -0.3 is 25.2 Å². The number of hydrogen-bond donors (Lipinski definition) is 4. The van der Waals surface area contributed by atoms with E-state index >= 15 is 0 Å². The minimum Gasteiger partial charge on any atom is -0.507 e. The van der Waals surface area contributed by atoms with Crippen LogP contribution >= 0.6 is 0 Å². The van der Waals surface area contributed by atoms with Gasteiger partial charge in [0.15, 0.2) is 0 Å². The number of carbonyl (C=O) groups is 2. The summed E-state index contributed by atoms with van der Waals surface area (Å²) in [6, 6.07) is 3.37. The number of benzene rings is 1. The summed E-state index contributed by atoms with van der Waals surface area (Å²) in [6.45, 7) is 0. The lowest BCUT2D eigenvalue weighted by Crippen LogP contribution is -2.22. The van der Waals surface area contributed by atoms with Crippen molar-refractivity contribution in [3.05, 3.63) is 29.3 Å². The van der Waals surface area contributed by atoms with Gasteiger partial charge in [-0.05, 0) is 17.7 Å². The summed E-state index contributed by atoms with van der Waals surface area (Å²) in [4.78, 5) is 21.6. The van der Waals surface area contributed by atoms with Crippen LogP contribution in [0.15, 0.2) is 18.2 Å². The van der Waals surface area contributed by atoms with Crippen molar-refractivity contribution in [1.29, 1.82) is 0 Å². The van der Waals surface area contributed by atoms with E-state index in [1.807, 2.05) is 0 Å². The van der Waals surface area contributed by atoms with Crippen LogP contribution in [0.4, 0.5) is 0 Å². The number of aromatic carboxylic acids is 1. The zero-order valence-electron chi connectivity index (χ0n) is 10.1. The number of hydrogen-bond acceptors (Lipinski definition) is 6. The Morgan fingerprint density at radius 1 is 1.32 bits per heavy atom. The highest BCUT2D eigenvalue weighted by atomic mass is 16.5. The fourth-order valence-electron chi connectivity index (χ4n) is 1.50. The SMILES string of the molecule is COC(=O)CC(O)C(O)c1ccc(C(=O)O)c(O)c1. The Kier molecular flexibility index (Phi) is 4.85. The van der Waals surface area contributed by atoms with Crippen molar-refractivity contribution < 1.29 is 34.8 Å². The fourth-order valence-corrected chi connectivity index (χ4v) is 1.50. The maximum absolute atomic E-state index is 10.9. The predicted octanol–water partition coefficient (Wildman–Crippen LogP) is 0.0478. The second-order valence-corrected chi connectivity index (χ2v) is 3.87. The Hall–Kier alpha value is -2.12. The molecule has 104 valence electrons. The molecule has 7 heteroatoms. The van der Waals surface area contributed by atoms with Crippen LogP contribution in [0.5, 0.6) is 5.75 Å². The van der Waals surface area contributed by atoms with Gasteiger partial charge in [0.1, 0.15) is 17.4 Å². The molecule has 0 bridgehead atoms. The highest BCUT2D eigenvalue weighted by molar-refractivity contribution is 5.90. The monoisotopic (exact) mass is 270 g/mol. The van der Waals surface area contributed by atoms with Crippen LogP contribution in [0.1, 0.15) is 28.4 Å². The Bertz CT molecular complexity index is 483. The van der Waals surface area contributed by atoms with E-state index in [4.69, 9.17) is 5.11 Å². The molecule has 19 heavy (non-hydrogen) atoms. The summed E-state index contributed by atoms with van der Waals surface area (Å²) < 4.78 is 4.34. The van der Waals surface area contributed by atoms with Crippen molar-refractivity contribution in [1.82, 2.24) is 0 Å². The maximum Gasteiger partial charge on any atom is 0.339 e. The van der Waals surface area contributed by atoms with E-state index in [-0.39, 0.29) is 11.1 Å². The molecular formula is C12H14O7. The summed E-state index contributed by atoms with van der Waals surface area (Å²) in [5.41, 5.74) is -0.225. The minimum absolute atomic E-state index is 0.0962. The molecule has 0 heterocycles. The molecule has 0 saturated heterocycles. The van der Waals surface area contributed by atoms with Crippen LogP contribution < -0.4 is 0 Å². The Morgan fingerprint density at radius 2 is 1.95 bits per heavy atom. The average Bonchev–Trinajstić information content (AvgIpc) is 2.36. The molecule has 1 rings (SSSR count). The van der Waals surface area contributed by atoms with Gasteiger partial charge in [0, 0.05) is 0 Å². The van der Waals surface area contributed by atoms with Gasteiger partial charge in [-0.2, -0.15) is 0 Å². The summed E-state index contributed by atoms with van der Waals surface area (Å²) >= 11 is 0. The minimum atomic E-state index is -1.44. The first kappa shape index (κ1) is 14.9. The lowest BCUT2D eigenvalue weighted by atomic mass is 10.00. The van der Waals surface area contributed by atoms with Gasteiger partial charge in [0.05, 0.1) is 19.6 Å². The molecule has 0 aliphatic rings. The molecule has 1 aromatic rings. The third kappa shape index (κ3) is 3.67. The quantitative estimate of drug-likeness (QED) is 0.557. The highest BCUT2D eigenvalue weighted by Gasteiger charge is 2.23. The van der Waals surface area contributed by atoms with Gasteiger partial charge in [-0.1, -0.05) is 6.07 Å². The number of aliphatic hydroxyl groups is 2. The molecule has 0 aliphatic carbocycles. The molecule has 0 saturated carbocycles. The predicted molar refractivity (Wildman–Crippen MR) is 62.7 cm³/mol. The van der Waals surface area contributed by atoms with Crippen molar-refractivity contribution in [3.8, 4) is 5.75 Å². The molecule has 0 spiro atoms. The Balaban J connectivity index is 2.88. The number of carboxylic acids is 1. The largest absolute Gasteiger partial charge is 0.507 e. The fraction of sp³-hybridized carbons (Fsp3) is 0.333. The molecule has 1 aromatic carbocycles. The number of ether oxygens (including phenoxy) is 1. The molecular weight excluding hydrogens is 256 g/mol. The van der Waals surface area contributed by atoms with Gasteiger partial charge >= 0.3 is 11.9 Å². The highest BCUT2D eigenvalue weighted by Crippen LogP contribution is 2.25. The van der Waals surface area contributed by atoms with Gasteiger partial charge in [-0.3, -0.25) is 4.79 Å². The average molecular weight is 270 g/mol. The number of methoxy groups -OCH3 is 1. The number of carbonyl (C=O) groups excluding carboxylic acids is 1. The number of phenols is 1. The Morgan fingerprint density at radius 3 is 2.42 bits per heavy atom. The van der Waals surface area contributed by atoms with Crippen LogP contribution in [0.3, 0.4) is 0 Å². The van der Waals surface area contributed by atoms with Crippen LogP contribution in [0, 0.1) is 0 Å². The van der Waals surface area contributed by atoms with Gasteiger partial charge in [0.25, 0.3) is 0 Å². The normalized spacial score (nSPS) is 13.6. The molecule has 7 nitrogen and oxygen atoms in total. The molecule has 0 amide bonds. The first-order valence-corrected chi connectivity index (χ1v) is 5.36. The first-order valence-electron chi connectivity index (χ1n) is 5.36. The van der Waals surface area contributed by atoms with E-state index < -0.39 is 36.3 Å². The molecule has 0 aliphatic heterocycles. The first-order chi connectivity index (χ1) is 8.86. The summed E-state index contributed by atoms with van der Waals surface area (Å²) in [5.74, 6) is -2.54. The number of aliphatic hydroxyl groups excluding tert-OH is 2. The van der Waals surface area contributed by atoms with Crippen LogP contribution in [0.25, 0.3) is 0 Å². The van der Waals surface area contributed by atoms with E-state index in [1.54, 1.807) is 0 Å². The topological polar surface area (TPSA) is 124 Å². The van der Waals surface area contributed by atoms with E-state index in [2.05, 4.69) is 4.74 Å². The second-order valence-electron chi connectivity index (χ2n) is 3.87. The number of carboxylic acid groups (broad SMARTS) is 1. The van der Waals surface area contributed by atoms with Crippen LogP contribution in [-0.4, -0.2) is 45.6 Å². The molecule has 4 N–H and O–H groups in total. The van der Waals surface area contributed by atoms with E-state index in [1.165, 1.54) is 6.07 Å². The molecule has 0 aromatic heterocycles. The van der Waals surface area contributed by atoms with E-state index in [0.29, 0.717) is 0 Å². The standard InChI is InChI=1S/C12H14O7/c1-19-10(15)5-9(14)11(16)6-2-3-7(12(17)18)8(13)4-6/h2-4,9,11,13-14,16H,5H2,1H3,(H,17,18). The third-order valence-corrected chi connectivity index (χ3v) is 2.56. The smallest absolute Gasteiger partial charge is 0.339 e. The summed E-state index contributed by atoms with van der Waals surface area (Å²) in [5, 5.41) is 37.5. The van der Waals surface area contributed by atoms with E-state index in [9.17, 15) is 24.9 Å². The third-order valence-electron chi connectivity index (χ3n) is 2.56. The van der Waals surface area contributed by atoms with Gasteiger partial charge in [-0.15, -0.1) is 0 Å². The molecule has 2 atom stereocenters. The van der Waals surface area contributed by atoms with Crippen molar-refractivity contribution in [2.75, 3.05) is 7.11 Å². The molecule has 0 fully saturated rings.